The summed E-state index contributed by atoms with van der Waals surface area (Å²) in [5.41, 5.74) is 5.97. The molecule has 1 saturated heterocycles. The van der Waals surface area contributed by atoms with E-state index < -0.39 is 5.97 Å². The fourth-order valence-corrected chi connectivity index (χ4v) is 2.20. The fraction of sp³-hybridized carbons (Fsp3) is 0.500. The summed E-state index contributed by atoms with van der Waals surface area (Å²) in [6, 6.07) is 4.65. The predicted octanol–water partition coefficient (Wildman–Crippen LogP) is 2.31. The number of anilines is 1. The van der Waals surface area contributed by atoms with Gasteiger partial charge in [-0.1, -0.05) is 0 Å². The Morgan fingerprint density at radius 2 is 2.37 bits per heavy atom. The Hall–Kier alpha value is -1.75. The van der Waals surface area contributed by atoms with Crippen LogP contribution in [-0.2, 0) is 4.74 Å². The van der Waals surface area contributed by atoms with Crippen LogP contribution < -0.4 is 10.5 Å². The van der Waals surface area contributed by atoms with Gasteiger partial charge in [-0.15, -0.1) is 0 Å². The van der Waals surface area contributed by atoms with Gasteiger partial charge in [-0.05, 0) is 37.8 Å². The molecular weight excluding hydrogens is 246 g/mol. The molecule has 104 valence electrons. The maximum atomic E-state index is 10.8. The second-order valence-electron chi connectivity index (χ2n) is 4.68. The maximum Gasteiger partial charge on any atom is 0.337 e. The van der Waals surface area contributed by atoms with E-state index in [0.717, 1.165) is 32.3 Å². The van der Waals surface area contributed by atoms with Crippen LogP contribution >= 0.6 is 0 Å². The van der Waals surface area contributed by atoms with Crippen LogP contribution in [0.15, 0.2) is 18.2 Å². The number of hydrogen-bond donors (Lipinski definition) is 2. The van der Waals surface area contributed by atoms with E-state index in [1.807, 2.05) is 0 Å². The molecule has 1 aliphatic rings. The minimum Gasteiger partial charge on any atom is -0.494 e. The second kappa shape index (κ2) is 6.43. The molecule has 1 aromatic rings. The van der Waals surface area contributed by atoms with Gasteiger partial charge < -0.3 is 20.3 Å². The van der Waals surface area contributed by atoms with Crippen LogP contribution in [0, 0.1) is 0 Å². The summed E-state index contributed by atoms with van der Waals surface area (Å²) in [6.45, 7) is 1.46. The van der Waals surface area contributed by atoms with E-state index in [1.165, 1.54) is 6.07 Å². The SMILES string of the molecule is Nc1cc(OCCCC2CCCO2)ccc1C(=O)O. The molecule has 3 N–H and O–H groups in total. The van der Waals surface area contributed by atoms with Crippen molar-refractivity contribution in [2.24, 2.45) is 0 Å². The first-order valence-electron chi connectivity index (χ1n) is 6.54. The minimum absolute atomic E-state index is 0.103. The smallest absolute Gasteiger partial charge is 0.337 e. The highest BCUT2D eigenvalue weighted by atomic mass is 16.5. The van der Waals surface area contributed by atoms with Gasteiger partial charge in [0.05, 0.1) is 18.3 Å². The number of hydrogen-bond acceptors (Lipinski definition) is 4. The molecule has 0 radical (unpaired) electrons. The van der Waals surface area contributed by atoms with Crippen molar-refractivity contribution in [2.75, 3.05) is 18.9 Å². The zero-order chi connectivity index (χ0) is 13.7. The van der Waals surface area contributed by atoms with E-state index in [2.05, 4.69) is 0 Å². The van der Waals surface area contributed by atoms with Crippen molar-refractivity contribution in [3.63, 3.8) is 0 Å². The molecule has 1 heterocycles. The summed E-state index contributed by atoms with van der Waals surface area (Å²) in [6.07, 6.45) is 4.59. The number of carbonyl (C=O) groups is 1. The molecule has 0 aromatic heterocycles. The van der Waals surface area contributed by atoms with E-state index >= 15 is 0 Å². The number of rotatable bonds is 6. The molecule has 2 rings (SSSR count). The summed E-state index contributed by atoms with van der Waals surface area (Å²) < 4.78 is 11.1. The molecule has 0 spiro atoms. The number of nitrogen functional groups attached to an aromatic ring is 1. The highest BCUT2D eigenvalue weighted by Crippen LogP contribution is 2.21. The topological polar surface area (TPSA) is 81.8 Å². The number of aromatic carboxylic acids is 1. The van der Waals surface area contributed by atoms with E-state index in [9.17, 15) is 4.79 Å². The van der Waals surface area contributed by atoms with Crippen molar-refractivity contribution >= 4 is 11.7 Å². The van der Waals surface area contributed by atoms with Gasteiger partial charge in [0.2, 0.25) is 0 Å². The number of carboxylic acid groups (broad SMARTS) is 1. The lowest BCUT2D eigenvalue weighted by molar-refractivity contribution is 0.0698. The van der Waals surface area contributed by atoms with Crippen molar-refractivity contribution in [3.05, 3.63) is 23.8 Å². The van der Waals surface area contributed by atoms with E-state index in [4.69, 9.17) is 20.3 Å². The Morgan fingerprint density at radius 1 is 1.53 bits per heavy atom. The summed E-state index contributed by atoms with van der Waals surface area (Å²) >= 11 is 0. The first-order chi connectivity index (χ1) is 9.16. The van der Waals surface area contributed by atoms with Gasteiger partial charge in [0, 0.05) is 18.4 Å². The molecule has 5 heteroatoms. The third-order valence-electron chi connectivity index (χ3n) is 3.22. The first-order valence-corrected chi connectivity index (χ1v) is 6.54. The first kappa shape index (κ1) is 13.7. The molecule has 1 atom stereocenters. The number of ether oxygens (including phenoxy) is 2. The zero-order valence-electron chi connectivity index (χ0n) is 10.8. The molecule has 1 aliphatic heterocycles. The molecule has 1 fully saturated rings. The van der Waals surface area contributed by atoms with Crippen LogP contribution in [0.5, 0.6) is 5.75 Å². The average Bonchev–Trinajstić information content (AvgIpc) is 2.87. The fourth-order valence-electron chi connectivity index (χ4n) is 2.20. The van der Waals surface area contributed by atoms with Crippen molar-refractivity contribution in [1.82, 2.24) is 0 Å². The van der Waals surface area contributed by atoms with Crippen molar-refractivity contribution in [2.45, 2.75) is 31.8 Å². The van der Waals surface area contributed by atoms with Crippen LogP contribution in [0.2, 0.25) is 0 Å². The number of carboxylic acids is 1. The lowest BCUT2D eigenvalue weighted by Gasteiger charge is -2.11. The van der Waals surface area contributed by atoms with Crippen LogP contribution in [0.3, 0.4) is 0 Å². The lowest BCUT2D eigenvalue weighted by atomic mass is 10.1. The van der Waals surface area contributed by atoms with Crippen LogP contribution in [0.25, 0.3) is 0 Å². The third kappa shape index (κ3) is 3.86. The van der Waals surface area contributed by atoms with Gasteiger partial charge in [0.1, 0.15) is 5.75 Å². The molecule has 1 aromatic carbocycles. The quantitative estimate of drug-likeness (QED) is 0.609. The number of benzene rings is 1. The molecule has 19 heavy (non-hydrogen) atoms. The monoisotopic (exact) mass is 265 g/mol. The Morgan fingerprint density at radius 3 is 3.00 bits per heavy atom. The van der Waals surface area contributed by atoms with Crippen molar-refractivity contribution in [3.8, 4) is 5.75 Å². The van der Waals surface area contributed by atoms with Crippen molar-refractivity contribution in [1.29, 1.82) is 0 Å². The molecular formula is C14H19NO4. The summed E-state index contributed by atoms with van der Waals surface area (Å²) in [4.78, 5) is 10.8. The lowest BCUT2D eigenvalue weighted by Crippen LogP contribution is -2.08. The van der Waals surface area contributed by atoms with Gasteiger partial charge in [-0.2, -0.15) is 0 Å². The van der Waals surface area contributed by atoms with Crippen LogP contribution in [-0.4, -0.2) is 30.4 Å². The average molecular weight is 265 g/mol. The normalized spacial score (nSPS) is 18.4. The minimum atomic E-state index is -1.03. The van der Waals surface area contributed by atoms with E-state index in [-0.39, 0.29) is 11.3 Å². The molecule has 0 saturated carbocycles. The van der Waals surface area contributed by atoms with Crippen molar-refractivity contribution < 1.29 is 19.4 Å². The van der Waals surface area contributed by atoms with E-state index in [0.29, 0.717) is 18.5 Å². The molecule has 5 nitrogen and oxygen atoms in total. The number of nitrogens with two attached hydrogens (primary N) is 1. The molecule has 0 bridgehead atoms. The van der Waals surface area contributed by atoms with Crippen LogP contribution in [0.4, 0.5) is 5.69 Å². The Bertz CT molecular complexity index is 441. The van der Waals surface area contributed by atoms with Gasteiger partial charge in [-0.25, -0.2) is 4.79 Å². The molecule has 1 unspecified atom stereocenters. The maximum absolute atomic E-state index is 10.8. The molecule has 0 amide bonds. The van der Waals surface area contributed by atoms with Crippen LogP contribution in [0.1, 0.15) is 36.0 Å². The zero-order valence-corrected chi connectivity index (χ0v) is 10.8. The highest BCUT2D eigenvalue weighted by Gasteiger charge is 2.14. The Labute approximate surface area is 112 Å². The van der Waals surface area contributed by atoms with Gasteiger partial charge in [0.15, 0.2) is 0 Å². The predicted molar refractivity (Wildman–Crippen MR) is 71.5 cm³/mol. The summed E-state index contributed by atoms with van der Waals surface area (Å²) in [7, 11) is 0. The summed E-state index contributed by atoms with van der Waals surface area (Å²) in [5, 5.41) is 8.86. The standard InChI is InChI=1S/C14H19NO4/c15-13-9-11(5-6-12(13)14(16)17)19-8-2-4-10-3-1-7-18-10/h5-6,9-10H,1-4,7-8,15H2,(H,16,17). The Kier molecular flexibility index (Phi) is 4.63. The molecule has 0 aliphatic carbocycles. The summed E-state index contributed by atoms with van der Waals surface area (Å²) in [5.74, 6) is -0.419. The van der Waals surface area contributed by atoms with Gasteiger partial charge in [-0.3, -0.25) is 0 Å². The van der Waals surface area contributed by atoms with Gasteiger partial charge >= 0.3 is 5.97 Å². The van der Waals surface area contributed by atoms with Gasteiger partial charge in [0.25, 0.3) is 0 Å². The second-order valence-corrected chi connectivity index (χ2v) is 4.68. The largest absolute Gasteiger partial charge is 0.494 e. The third-order valence-corrected chi connectivity index (χ3v) is 3.22. The van der Waals surface area contributed by atoms with E-state index in [1.54, 1.807) is 12.1 Å². The highest BCUT2D eigenvalue weighted by molar-refractivity contribution is 5.93. The Balaban J connectivity index is 1.76.